The van der Waals surface area contributed by atoms with Gasteiger partial charge in [0.2, 0.25) is 0 Å². The van der Waals surface area contributed by atoms with Crippen LogP contribution in [0.5, 0.6) is 11.5 Å². The minimum Gasteiger partial charge on any atom is -0.488 e. The fourth-order valence-corrected chi connectivity index (χ4v) is 2.72. The van der Waals surface area contributed by atoms with E-state index in [2.05, 4.69) is 4.74 Å². The van der Waals surface area contributed by atoms with Crippen LogP contribution in [0.1, 0.15) is 23.7 Å². The third-order valence-electron chi connectivity index (χ3n) is 3.83. The van der Waals surface area contributed by atoms with Gasteiger partial charge in [-0.25, -0.2) is 0 Å². The van der Waals surface area contributed by atoms with E-state index in [4.69, 9.17) is 21.1 Å². The average molecular weight is 319 g/mol. The van der Waals surface area contributed by atoms with Crippen LogP contribution in [0.2, 0.25) is 5.02 Å². The summed E-state index contributed by atoms with van der Waals surface area (Å²) < 4.78 is 40.0. The van der Waals surface area contributed by atoms with E-state index in [1.54, 1.807) is 0 Å². The number of benzene rings is 1. The van der Waals surface area contributed by atoms with Crippen molar-refractivity contribution in [3.05, 3.63) is 22.7 Å². The van der Waals surface area contributed by atoms with Crippen LogP contribution in [0.3, 0.4) is 0 Å². The number of ketones is 1. The van der Waals surface area contributed by atoms with Crippen molar-refractivity contribution >= 4 is 17.4 Å². The highest BCUT2D eigenvalue weighted by atomic mass is 35.5. The van der Waals surface area contributed by atoms with Crippen LogP contribution in [-0.2, 0) is 4.74 Å². The van der Waals surface area contributed by atoms with Gasteiger partial charge < -0.3 is 14.2 Å². The molecule has 1 atom stereocenters. The van der Waals surface area contributed by atoms with Gasteiger partial charge in [-0.05, 0) is 6.07 Å². The molecule has 2 aliphatic heterocycles. The average Bonchev–Trinajstić information content (AvgIpc) is 2.37. The Bertz CT molecular complexity index is 587. The van der Waals surface area contributed by atoms with Crippen molar-refractivity contribution in [2.75, 3.05) is 13.2 Å². The van der Waals surface area contributed by atoms with E-state index in [0.717, 1.165) is 0 Å². The molecule has 1 saturated heterocycles. The van der Waals surface area contributed by atoms with E-state index in [0.29, 0.717) is 18.8 Å². The first kappa shape index (κ1) is 14.5. The van der Waals surface area contributed by atoms with Gasteiger partial charge in [-0.2, -0.15) is 8.78 Å². The lowest BCUT2D eigenvalue weighted by Crippen LogP contribution is -2.53. The van der Waals surface area contributed by atoms with Crippen molar-refractivity contribution in [3.63, 3.8) is 0 Å². The molecule has 2 aliphatic rings. The molecule has 114 valence electrons. The summed E-state index contributed by atoms with van der Waals surface area (Å²) in [6, 6.07) is 2.56. The van der Waals surface area contributed by atoms with Gasteiger partial charge >= 0.3 is 6.61 Å². The van der Waals surface area contributed by atoms with Crippen molar-refractivity contribution < 1.29 is 27.8 Å². The van der Waals surface area contributed by atoms with E-state index in [-0.39, 0.29) is 40.2 Å². The van der Waals surface area contributed by atoms with E-state index in [1.807, 2.05) is 6.92 Å². The van der Waals surface area contributed by atoms with Gasteiger partial charge in [-0.3, -0.25) is 4.79 Å². The SMILES string of the molecule is CC1(C2CC(=O)c3cc(Cl)c(OC(F)F)cc3O2)COC1. The predicted octanol–water partition coefficient (Wildman–Crippen LogP) is 3.31. The maximum absolute atomic E-state index is 12.3. The Hall–Kier alpha value is -1.40. The molecule has 0 spiro atoms. The van der Waals surface area contributed by atoms with E-state index in [1.165, 1.54) is 12.1 Å². The van der Waals surface area contributed by atoms with Gasteiger partial charge in [0.05, 0.1) is 29.2 Å². The standard InChI is InChI=1S/C14H13ClF2O4/c1-14(5-19-6-14)12-3-9(18)7-2-8(15)11(21-13(16)17)4-10(7)20-12/h2,4,12-13H,3,5-6H2,1H3. The second kappa shape index (κ2) is 5.10. The minimum atomic E-state index is -2.99. The van der Waals surface area contributed by atoms with Crippen LogP contribution >= 0.6 is 11.6 Å². The van der Waals surface area contributed by atoms with E-state index < -0.39 is 6.61 Å². The first-order valence-corrected chi connectivity index (χ1v) is 6.83. The normalized spacial score (nSPS) is 23.3. The Balaban J connectivity index is 1.92. The van der Waals surface area contributed by atoms with Gasteiger partial charge in [0, 0.05) is 12.5 Å². The first-order valence-electron chi connectivity index (χ1n) is 6.45. The zero-order valence-corrected chi connectivity index (χ0v) is 12.0. The van der Waals surface area contributed by atoms with Crippen LogP contribution in [0.25, 0.3) is 0 Å². The van der Waals surface area contributed by atoms with Crippen LogP contribution in [-0.4, -0.2) is 31.7 Å². The van der Waals surface area contributed by atoms with Crippen LogP contribution in [0, 0.1) is 5.41 Å². The molecule has 21 heavy (non-hydrogen) atoms. The van der Waals surface area contributed by atoms with Crippen molar-refractivity contribution in [2.45, 2.75) is 26.1 Å². The Morgan fingerprint density at radius 2 is 2.14 bits per heavy atom. The van der Waals surface area contributed by atoms with Crippen molar-refractivity contribution in [2.24, 2.45) is 5.41 Å². The molecular weight excluding hydrogens is 306 g/mol. The molecule has 3 rings (SSSR count). The molecule has 1 unspecified atom stereocenters. The van der Waals surface area contributed by atoms with E-state index >= 15 is 0 Å². The lowest BCUT2D eigenvalue weighted by atomic mass is 9.78. The van der Waals surface area contributed by atoms with Gasteiger partial charge in [0.1, 0.15) is 17.6 Å². The molecule has 0 N–H and O–H groups in total. The number of halogens is 3. The molecule has 1 aromatic carbocycles. The molecule has 4 nitrogen and oxygen atoms in total. The predicted molar refractivity (Wildman–Crippen MR) is 70.4 cm³/mol. The summed E-state index contributed by atoms with van der Waals surface area (Å²) in [5, 5.41) is -0.0392. The lowest BCUT2D eigenvalue weighted by molar-refractivity contribution is -0.153. The zero-order chi connectivity index (χ0) is 15.2. The van der Waals surface area contributed by atoms with Crippen LogP contribution in [0.4, 0.5) is 8.78 Å². The van der Waals surface area contributed by atoms with Crippen LogP contribution in [0.15, 0.2) is 12.1 Å². The number of hydrogen-bond acceptors (Lipinski definition) is 4. The summed E-state index contributed by atoms with van der Waals surface area (Å²) in [6.45, 7) is -0.0118. The molecule has 0 aromatic heterocycles. The monoisotopic (exact) mass is 318 g/mol. The molecule has 0 bridgehead atoms. The Labute approximate surface area is 124 Å². The first-order chi connectivity index (χ1) is 9.89. The number of rotatable bonds is 3. The highest BCUT2D eigenvalue weighted by Gasteiger charge is 2.46. The third-order valence-corrected chi connectivity index (χ3v) is 4.13. The smallest absolute Gasteiger partial charge is 0.387 e. The molecule has 7 heteroatoms. The van der Waals surface area contributed by atoms with Crippen molar-refractivity contribution in [1.82, 2.24) is 0 Å². The Morgan fingerprint density at radius 1 is 1.43 bits per heavy atom. The zero-order valence-electron chi connectivity index (χ0n) is 11.2. The van der Waals surface area contributed by atoms with Gasteiger partial charge in [-0.15, -0.1) is 0 Å². The number of carbonyl (C=O) groups is 1. The molecule has 1 fully saturated rings. The molecule has 0 radical (unpaired) electrons. The highest BCUT2D eigenvalue weighted by molar-refractivity contribution is 6.32. The fraction of sp³-hybridized carbons (Fsp3) is 0.500. The summed E-state index contributed by atoms with van der Waals surface area (Å²) in [6.07, 6.45) is -0.120. The minimum absolute atomic E-state index is 0.0392. The Morgan fingerprint density at radius 3 is 2.71 bits per heavy atom. The summed E-state index contributed by atoms with van der Waals surface area (Å²) >= 11 is 5.85. The lowest BCUT2D eigenvalue weighted by Gasteiger charge is -2.45. The maximum atomic E-state index is 12.3. The molecule has 2 heterocycles. The Kier molecular flexibility index (Phi) is 3.53. The summed E-state index contributed by atoms with van der Waals surface area (Å²) in [7, 11) is 0. The largest absolute Gasteiger partial charge is 0.488 e. The second-order valence-electron chi connectivity index (χ2n) is 5.54. The number of alkyl halides is 2. The molecule has 0 aliphatic carbocycles. The summed E-state index contributed by atoms with van der Waals surface area (Å²) in [5.41, 5.74) is 0.0539. The maximum Gasteiger partial charge on any atom is 0.387 e. The van der Waals surface area contributed by atoms with Crippen molar-refractivity contribution in [3.8, 4) is 11.5 Å². The number of hydrogen-bond donors (Lipinski definition) is 0. The summed E-state index contributed by atoms with van der Waals surface area (Å²) in [5.74, 6) is -0.0989. The fourth-order valence-electron chi connectivity index (χ4n) is 2.51. The molecular formula is C14H13ClF2O4. The van der Waals surface area contributed by atoms with Gasteiger partial charge in [0.15, 0.2) is 5.78 Å². The topological polar surface area (TPSA) is 44.8 Å². The molecule has 1 aromatic rings. The summed E-state index contributed by atoms with van der Waals surface area (Å²) in [4.78, 5) is 12.2. The number of ether oxygens (including phenoxy) is 3. The number of carbonyl (C=O) groups excluding carboxylic acids is 1. The molecule has 0 amide bonds. The van der Waals surface area contributed by atoms with Crippen molar-refractivity contribution in [1.29, 1.82) is 0 Å². The van der Waals surface area contributed by atoms with Gasteiger partial charge in [0.25, 0.3) is 0 Å². The third kappa shape index (κ3) is 2.58. The quantitative estimate of drug-likeness (QED) is 0.857. The number of Topliss-reactive ketones (excluding diaryl/α,β-unsaturated/α-hetero) is 1. The second-order valence-corrected chi connectivity index (χ2v) is 5.95. The van der Waals surface area contributed by atoms with Gasteiger partial charge in [-0.1, -0.05) is 18.5 Å². The van der Waals surface area contributed by atoms with E-state index in [9.17, 15) is 13.6 Å². The number of fused-ring (bicyclic) bond motifs is 1. The van der Waals surface area contributed by atoms with Crippen LogP contribution < -0.4 is 9.47 Å². The molecule has 0 saturated carbocycles. The highest BCUT2D eigenvalue weighted by Crippen LogP contribution is 2.42.